The number of amides is 1. The Balaban J connectivity index is 1.67. The Morgan fingerprint density at radius 3 is 2.59 bits per heavy atom. The van der Waals surface area contributed by atoms with Gasteiger partial charge in [-0.3, -0.25) is 9.78 Å². The Bertz CT molecular complexity index is 1160. The number of benzene rings is 1. The van der Waals surface area contributed by atoms with Crippen LogP contribution in [-0.4, -0.2) is 33.7 Å². The number of hydrogen-bond acceptors (Lipinski definition) is 5. The number of alkyl halides is 1. The van der Waals surface area contributed by atoms with Crippen LogP contribution in [0.15, 0.2) is 48.8 Å². The molecule has 32 heavy (non-hydrogen) atoms. The summed E-state index contributed by atoms with van der Waals surface area (Å²) in [6.07, 6.45) is 1.48. The molecule has 1 fully saturated rings. The molecule has 3 heterocycles. The monoisotopic (exact) mass is 447 g/mol. The molecule has 0 spiro atoms. The number of anilines is 1. The van der Waals surface area contributed by atoms with Gasteiger partial charge in [0.15, 0.2) is 0 Å². The largest absolute Gasteiger partial charge is 0.393 e. The van der Waals surface area contributed by atoms with E-state index in [0.717, 1.165) is 30.3 Å². The number of carbonyl (C=O) groups is 1. The Kier molecular flexibility index (Phi) is 5.90. The van der Waals surface area contributed by atoms with Crippen molar-refractivity contribution in [2.24, 2.45) is 0 Å². The molecular weight excluding hydrogens is 430 g/mol. The first-order valence-corrected chi connectivity index (χ1v) is 9.66. The summed E-state index contributed by atoms with van der Waals surface area (Å²) < 4.78 is 63.1. The van der Waals surface area contributed by atoms with Gasteiger partial charge in [-0.05, 0) is 36.8 Å². The third-order valence-electron chi connectivity index (χ3n) is 5.03. The third-order valence-corrected chi connectivity index (χ3v) is 5.03. The summed E-state index contributed by atoms with van der Waals surface area (Å²) in [6.45, 7) is -0.0234. The smallest absolute Gasteiger partial charge is 0.274 e. The lowest BCUT2D eigenvalue weighted by Crippen LogP contribution is -2.36. The fourth-order valence-electron chi connectivity index (χ4n) is 3.48. The van der Waals surface area contributed by atoms with E-state index < -0.39 is 46.6 Å². The molecule has 1 amide bonds. The maximum atomic E-state index is 15.4. The zero-order valence-corrected chi connectivity index (χ0v) is 16.5. The molecule has 166 valence electrons. The van der Waals surface area contributed by atoms with Gasteiger partial charge in [-0.15, -0.1) is 0 Å². The number of rotatable bonds is 4. The van der Waals surface area contributed by atoms with Crippen LogP contribution in [0.2, 0.25) is 0 Å². The Morgan fingerprint density at radius 2 is 1.88 bits per heavy atom. The maximum absolute atomic E-state index is 15.4. The van der Waals surface area contributed by atoms with Gasteiger partial charge in [-0.1, -0.05) is 6.07 Å². The van der Waals surface area contributed by atoms with E-state index in [0.29, 0.717) is 0 Å². The minimum absolute atomic E-state index is 0.0234. The number of aliphatic hydroxyl groups excluding tert-OH is 1. The average Bonchev–Trinajstić information content (AvgIpc) is 2.75. The van der Waals surface area contributed by atoms with Crippen molar-refractivity contribution in [3.8, 4) is 11.3 Å². The first-order valence-electron chi connectivity index (χ1n) is 9.66. The average molecular weight is 447 g/mol. The van der Waals surface area contributed by atoms with Gasteiger partial charge < -0.3 is 15.2 Å². The predicted molar refractivity (Wildman–Crippen MR) is 106 cm³/mol. The highest BCUT2D eigenvalue weighted by molar-refractivity contribution is 6.03. The van der Waals surface area contributed by atoms with Crippen LogP contribution in [-0.2, 0) is 10.6 Å². The molecule has 10 heteroatoms. The number of ether oxygens (including phenoxy) is 1. The summed E-state index contributed by atoms with van der Waals surface area (Å²) >= 11 is 0. The second kappa shape index (κ2) is 8.64. The molecular formula is C22H17F4N3O3. The minimum Gasteiger partial charge on any atom is -0.393 e. The van der Waals surface area contributed by atoms with Crippen LogP contribution >= 0.6 is 0 Å². The zero-order valence-electron chi connectivity index (χ0n) is 16.5. The number of hydrogen-bond donors (Lipinski definition) is 2. The fourth-order valence-corrected chi connectivity index (χ4v) is 3.48. The standard InChI is InChI=1S/C22H17F4N3O3/c23-14-2-1-3-15(24)19(14)20-16(25)4-5-17(28-20)21(31)29-18-11-27-8-6-13(18)22(26)10-12(30)7-9-32-22/h1-6,8,11-12,30H,7,9-10H2,(H,29,31)/t12-,22+/m1/s1. The third kappa shape index (κ3) is 4.19. The van der Waals surface area contributed by atoms with Crippen LogP contribution < -0.4 is 5.32 Å². The highest BCUT2D eigenvalue weighted by atomic mass is 19.2. The first-order chi connectivity index (χ1) is 15.3. The molecule has 0 saturated carbocycles. The Morgan fingerprint density at radius 1 is 1.12 bits per heavy atom. The highest BCUT2D eigenvalue weighted by Gasteiger charge is 2.41. The number of halogens is 4. The molecule has 6 nitrogen and oxygen atoms in total. The summed E-state index contributed by atoms with van der Waals surface area (Å²) in [4.78, 5) is 20.4. The van der Waals surface area contributed by atoms with Gasteiger partial charge in [0.2, 0.25) is 5.85 Å². The van der Waals surface area contributed by atoms with Crippen LogP contribution in [0.1, 0.15) is 28.9 Å². The number of aliphatic hydroxyl groups is 1. The van der Waals surface area contributed by atoms with Crippen molar-refractivity contribution in [2.75, 3.05) is 11.9 Å². The van der Waals surface area contributed by atoms with E-state index in [-0.39, 0.29) is 36.4 Å². The summed E-state index contributed by atoms with van der Waals surface area (Å²) in [5.41, 5.74) is -1.88. The van der Waals surface area contributed by atoms with E-state index in [4.69, 9.17) is 4.74 Å². The lowest BCUT2D eigenvalue weighted by Gasteiger charge is -2.33. The van der Waals surface area contributed by atoms with Crippen LogP contribution in [0.5, 0.6) is 0 Å². The molecule has 4 rings (SSSR count). The number of pyridine rings is 2. The summed E-state index contributed by atoms with van der Waals surface area (Å²) in [7, 11) is 0. The highest BCUT2D eigenvalue weighted by Crippen LogP contribution is 2.40. The van der Waals surface area contributed by atoms with Crippen molar-refractivity contribution in [1.29, 1.82) is 0 Å². The van der Waals surface area contributed by atoms with Gasteiger partial charge in [-0.2, -0.15) is 0 Å². The Labute approximate surface area is 179 Å². The number of aromatic nitrogens is 2. The topological polar surface area (TPSA) is 84.3 Å². The molecule has 2 N–H and O–H groups in total. The van der Waals surface area contributed by atoms with Crippen molar-refractivity contribution in [1.82, 2.24) is 9.97 Å². The molecule has 1 aromatic carbocycles. The van der Waals surface area contributed by atoms with Gasteiger partial charge in [-0.25, -0.2) is 22.5 Å². The molecule has 0 bridgehead atoms. The van der Waals surface area contributed by atoms with Crippen LogP contribution in [0.25, 0.3) is 11.3 Å². The quantitative estimate of drug-likeness (QED) is 0.589. The molecule has 1 aliphatic rings. The van der Waals surface area contributed by atoms with Crippen molar-refractivity contribution < 1.29 is 32.2 Å². The molecule has 2 aromatic heterocycles. The van der Waals surface area contributed by atoms with E-state index in [9.17, 15) is 23.1 Å². The van der Waals surface area contributed by atoms with Gasteiger partial charge in [0.05, 0.1) is 30.2 Å². The van der Waals surface area contributed by atoms with Crippen molar-refractivity contribution >= 4 is 11.6 Å². The van der Waals surface area contributed by atoms with Crippen LogP contribution in [0, 0.1) is 17.5 Å². The Hall–Kier alpha value is -3.37. The molecule has 1 saturated heterocycles. The minimum atomic E-state index is -2.36. The SMILES string of the molecule is O=C(Nc1cnccc1[C@]1(F)C[C@H](O)CCO1)c1ccc(F)c(-c2c(F)cccc2F)n1. The maximum Gasteiger partial charge on any atom is 0.274 e. The summed E-state index contributed by atoms with van der Waals surface area (Å²) in [5.74, 6) is -6.37. The van der Waals surface area contributed by atoms with E-state index in [1.165, 1.54) is 18.5 Å². The van der Waals surface area contributed by atoms with Crippen molar-refractivity contribution in [3.05, 3.63) is 77.5 Å². The number of nitrogens with one attached hydrogen (secondary N) is 1. The number of carbonyl (C=O) groups excluding carboxylic acids is 1. The van der Waals surface area contributed by atoms with E-state index in [2.05, 4.69) is 15.3 Å². The van der Waals surface area contributed by atoms with Crippen molar-refractivity contribution in [2.45, 2.75) is 24.8 Å². The van der Waals surface area contributed by atoms with E-state index >= 15 is 4.39 Å². The number of nitrogens with zero attached hydrogens (tertiary/aromatic N) is 2. The van der Waals surface area contributed by atoms with E-state index in [1.807, 2.05) is 0 Å². The normalized spacial score (nSPS) is 20.7. The van der Waals surface area contributed by atoms with Crippen molar-refractivity contribution in [3.63, 3.8) is 0 Å². The van der Waals surface area contributed by atoms with Crippen LogP contribution in [0.3, 0.4) is 0 Å². The lowest BCUT2D eigenvalue weighted by atomic mass is 9.96. The molecule has 0 unspecified atom stereocenters. The molecule has 2 atom stereocenters. The van der Waals surface area contributed by atoms with Gasteiger partial charge in [0.1, 0.15) is 28.8 Å². The summed E-state index contributed by atoms with van der Waals surface area (Å²) in [5, 5.41) is 12.3. The second-order valence-corrected chi connectivity index (χ2v) is 7.22. The van der Waals surface area contributed by atoms with Gasteiger partial charge in [0, 0.05) is 18.2 Å². The molecule has 1 aliphatic heterocycles. The second-order valence-electron chi connectivity index (χ2n) is 7.22. The predicted octanol–water partition coefficient (Wildman–Crippen LogP) is 4.11. The lowest BCUT2D eigenvalue weighted by molar-refractivity contribution is -0.203. The van der Waals surface area contributed by atoms with Gasteiger partial charge in [0.25, 0.3) is 5.91 Å². The fraction of sp³-hybridized carbons (Fsp3) is 0.227. The first kappa shape index (κ1) is 21.8. The zero-order chi connectivity index (χ0) is 22.9. The van der Waals surface area contributed by atoms with E-state index in [1.54, 1.807) is 0 Å². The van der Waals surface area contributed by atoms with Crippen LogP contribution in [0.4, 0.5) is 23.2 Å². The summed E-state index contributed by atoms with van der Waals surface area (Å²) in [6, 6.07) is 6.16. The molecule has 3 aromatic rings. The van der Waals surface area contributed by atoms with Gasteiger partial charge >= 0.3 is 0 Å². The molecule has 0 radical (unpaired) electrons. The molecule has 0 aliphatic carbocycles.